The Morgan fingerprint density at radius 2 is 1.57 bits per heavy atom. The van der Waals surface area contributed by atoms with Gasteiger partial charge in [-0.05, 0) is 32.0 Å². The van der Waals surface area contributed by atoms with Crippen LogP contribution < -0.4 is 4.74 Å². The van der Waals surface area contributed by atoms with Gasteiger partial charge in [0.2, 0.25) is 0 Å². The van der Waals surface area contributed by atoms with Crippen LogP contribution in [0.25, 0.3) is 0 Å². The Balaban J connectivity index is 2.29. The highest BCUT2D eigenvalue weighted by Crippen LogP contribution is 2.17. The van der Waals surface area contributed by atoms with Gasteiger partial charge in [-0.1, -0.05) is 22.0 Å². The highest BCUT2D eigenvalue weighted by atomic mass is 79.9. The Bertz CT molecular complexity index is 366. The van der Waals surface area contributed by atoms with Gasteiger partial charge >= 0.3 is 0 Å². The lowest BCUT2D eigenvalue weighted by atomic mass is 10.3. The highest BCUT2D eigenvalue weighted by molar-refractivity contribution is 9.10. The van der Waals surface area contributed by atoms with E-state index in [-0.39, 0.29) is 0 Å². The van der Waals surface area contributed by atoms with Crippen LogP contribution in [0, 0.1) is 0 Å². The monoisotopic (exact) mass is 359 g/mol. The van der Waals surface area contributed by atoms with Crippen LogP contribution in [-0.4, -0.2) is 57.6 Å². The maximum absolute atomic E-state index is 5.78. The molecular weight excluding hydrogens is 334 g/mol. The maximum Gasteiger partial charge on any atom is 0.120 e. The molecule has 21 heavy (non-hydrogen) atoms. The molecule has 120 valence electrons. The number of hydrogen-bond donors (Lipinski definition) is 0. The molecule has 0 aliphatic rings. The lowest BCUT2D eigenvalue weighted by molar-refractivity contribution is 0.0764. The van der Waals surface area contributed by atoms with Crippen molar-refractivity contribution in [3.05, 3.63) is 28.7 Å². The van der Waals surface area contributed by atoms with Crippen molar-refractivity contribution in [2.75, 3.05) is 52.7 Å². The zero-order valence-corrected chi connectivity index (χ0v) is 14.6. The first-order valence-electron chi connectivity index (χ1n) is 7.52. The summed E-state index contributed by atoms with van der Waals surface area (Å²) < 4.78 is 17.7. The Hall–Kier alpha value is -0.620. The molecule has 0 aromatic heterocycles. The van der Waals surface area contributed by atoms with Crippen molar-refractivity contribution in [2.24, 2.45) is 0 Å². The quantitative estimate of drug-likeness (QED) is 0.536. The van der Waals surface area contributed by atoms with Crippen molar-refractivity contribution in [3.63, 3.8) is 0 Å². The molecule has 1 rings (SSSR count). The summed E-state index contributed by atoms with van der Waals surface area (Å²) >= 11 is 3.44. The lowest BCUT2D eigenvalue weighted by Gasteiger charge is -2.22. The van der Waals surface area contributed by atoms with E-state index in [0.29, 0.717) is 6.61 Å². The van der Waals surface area contributed by atoms with Crippen molar-refractivity contribution < 1.29 is 14.2 Å². The topological polar surface area (TPSA) is 30.9 Å². The highest BCUT2D eigenvalue weighted by Gasteiger charge is 2.05. The van der Waals surface area contributed by atoms with Gasteiger partial charge in [0.15, 0.2) is 0 Å². The van der Waals surface area contributed by atoms with E-state index in [2.05, 4.69) is 20.8 Å². The zero-order chi connectivity index (χ0) is 15.3. The van der Waals surface area contributed by atoms with E-state index in [0.717, 1.165) is 56.3 Å². The van der Waals surface area contributed by atoms with Gasteiger partial charge in [0, 0.05) is 37.3 Å². The number of nitrogens with zero attached hydrogens (tertiary/aromatic N) is 1. The van der Waals surface area contributed by atoms with Gasteiger partial charge in [-0.2, -0.15) is 0 Å². The third-order valence-corrected chi connectivity index (χ3v) is 3.48. The van der Waals surface area contributed by atoms with Crippen molar-refractivity contribution in [3.8, 4) is 5.75 Å². The summed E-state index contributed by atoms with van der Waals surface area (Å²) in [5, 5.41) is 0. The van der Waals surface area contributed by atoms with Gasteiger partial charge in [0.1, 0.15) is 12.4 Å². The average molecular weight is 360 g/mol. The van der Waals surface area contributed by atoms with Crippen LogP contribution in [0.1, 0.15) is 13.8 Å². The minimum Gasteiger partial charge on any atom is -0.492 e. The van der Waals surface area contributed by atoms with Crippen LogP contribution in [0.2, 0.25) is 0 Å². The Kier molecular flexibility index (Phi) is 10.5. The smallest absolute Gasteiger partial charge is 0.120 e. The van der Waals surface area contributed by atoms with Crippen molar-refractivity contribution in [1.29, 1.82) is 0 Å². The fourth-order valence-corrected chi connectivity index (χ4v) is 2.24. The fraction of sp³-hybridized carbons (Fsp3) is 0.625. The maximum atomic E-state index is 5.78. The first kappa shape index (κ1) is 18.4. The molecule has 5 heteroatoms. The number of ether oxygens (including phenoxy) is 3. The average Bonchev–Trinajstić information content (AvgIpc) is 2.47. The van der Waals surface area contributed by atoms with Gasteiger partial charge in [0.25, 0.3) is 0 Å². The minimum absolute atomic E-state index is 0.661. The van der Waals surface area contributed by atoms with Crippen molar-refractivity contribution >= 4 is 15.9 Å². The van der Waals surface area contributed by atoms with Crippen molar-refractivity contribution in [2.45, 2.75) is 13.8 Å². The number of halogens is 1. The first-order valence-corrected chi connectivity index (χ1v) is 8.31. The van der Waals surface area contributed by atoms with E-state index < -0.39 is 0 Å². The van der Waals surface area contributed by atoms with E-state index in [1.807, 2.05) is 38.1 Å². The SMILES string of the molecule is CCOCCN(CCOCC)CCOc1cccc(Br)c1. The molecule has 1 aromatic rings. The van der Waals surface area contributed by atoms with Crippen LogP contribution in [-0.2, 0) is 9.47 Å². The first-order chi connectivity index (χ1) is 10.3. The standard InChI is InChI=1S/C16H26BrNO3/c1-3-19-11-8-18(9-12-20-4-2)10-13-21-16-7-5-6-15(17)14-16/h5-7,14H,3-4,8-13H2,1-2H3. The molecule has 0 heterocycles. The van der Waals surface area contributed by atoms with Gasteiger partial charge in [0.05, 0.1) is 13.2 Å². The minimum atomic E-state index is 0.661. The molecule has 0 atom stereocenters. The molecule has 0 spiro atoms. The van der Waals surface area contributed by atoms with Crippen LogP contribution >= 0.6 is 15.9 Å². The second-order valence-corrected chi connectivity index (χ2v) is 5.46. The molecule has 0 saturated heterocycles. The Morgan fingerprint density at radius 3 is 2.14 bits per heavy atom. The largest absolute Gasteiger partial charge is 0.492 e. The Labute approximate surface area is 136 Å². The molecular formula is C16H26BrNO3. The van der Waals surface area contributed by atoms with Crippen LogP contribution in [0.15, 0.2) is 28.7 Å². The molecule has 0 bridgehead atoms. The van der Waals surface area contributed by atoms with E-state index >= 15 is 0 Å². The molecule has 0 aliphatic carbocycles. The summed E-state index contributed by atoms with van der Waals surface area (Å²) in [5.74, 6) is 0.888. The van der Waals surface area contributed by atoms with E-state index in [1.54, 1.807) is 0 Å². The van der Waals surface area contributed by atoms with Gasteiger partial charge in [-0.15, -0.1) is 0 Å². The molecule has 0 unspecified atom stereocenters. The molecule has 0 saturated carbocycles. The second-order valence-electron chi connectivity index (χ2n) is 4.54. The van der Waals surface area contributed by atoms with Crippen molar-refractivity contribution in [1.82, 2.24) is 4.90 Å². The number of rotatable bonds is 12. The summed E-state index contributed by atoms with van der Waals surface area (Å²) in [5.41, 5.74) is 0. The lowest BCUT2D eigenvalue weighted by Crippen LogP contribution is -2.34. The summed E-state index contributed by atoms with van der Waals surface area (Å²) in [4.78, 5) is 2.31. The third-order valence-electron chi connectivity index (χ3n) is 2.98. The second kappa shape index (κ2) is 12.0. The Morgan fingerprint density at radius 1 is 0.952 bits per heavy atom. The zero-order valence-electron chi connectivity index (χ0n) is 13.0. The van der Waals surface area contributed by atoms with E-state index in [1.165, 1.54) is 0 Å². The van der Waals surface area contributed by atoms with Crippen LogP contribution in [0.4, 0.5) is 0 Å². The summed E-state index contributed by atoms with van der Waals surface area (Å²) in [6.07, 6.45) is 0. The van der Waals surface area contributed by atoms with Gasteiger partial charge in [-0.3, -0.25) is 4.90 Å². The number of hydrogen-bond acceptors (Lipinski definition) is 4. The molecule has 0 fully saturated rings. The van der Waals surface area contributed by atoms with Gasteiger partial charge in [-0.25, -0.2) is 0 Å². The summed E-state index contributed by atoms with van der Waals surface area (Å²) in [6, 6.07) is 7.91. The van der Waals surface area contributed by atoms with Gasteiger partial charge < -0.3 is 14.2 Å². The summed E-state index contributed by atoms with van der Waals surface area (Å²) in [6.45, 7) is 10.4. The van der Waals surface area contributed by atoms with Crippen LogP contribution in [0.5, 0.6) is 5.75 Å². The predicted octanol–water partition coefficient (Wildman–Crippen LogP) is 3.20. The van der Waals surface area contributed by atoms with Crippen LogP contribution in [0.3, 0.4) is 0 Å². The molecule has 1 aromatic carbocycles. The predicted molar refractivity (Wildman–Crippen MR) is 89.1 cm³/mol. The fourth-order valence-electron chi connectivity index (χ4n) is 1.86. The normalized spacial score (nSPS) is 11.0. The summed E-state index contributed by atoms with van der Waals surface area (Å²) in [7, 11) is 0. The third kappa shape index (κ3) is 9.09. The molecule has 0 N–H and O–H groups in total. The molecule has 0 amide bonds. The number of benzene rings is 1. The molecule has 4 nitrogen and oxygen atoms in total. The van der Waals surface area contributed by atoms with E-state index in [9.17, 15) is 0 Å². The molecule has 0 radical (unpaired) electrons. The van der Waals surface area contributed by atoms with E-state index in [4.69, 9.17) is 14.2 Å². The molecule has 0 aliphatic heterocycles.